The largest absolute Gasteiger partial charge is 0.356 e. The number of hydrogen-bond acceptors (Lipinski definition) is 4. The molecule has 1 aromatic rings. The third kappa shape index (κ3) is 10.0. The summed E-state index contributed by atoms with van der Waals surface area (Å²) in [4.78, 5) is 8.65. The van der Waals surface area contributed by atoms with Gasteiger partial charge in [-0.25, -0.2) is 4.98 Å². The Labute approximate surface area is 149 Å². The molecular weight excluding hydrogens is 397 g/mol. The highest BCUT2D eigenvalue weighted by molar-refractivity contribution is 14.0. The van der Waals surface area contributed by atoms with Crippen molar-refractivity contribution in [2.24, 2.45) is 4.99 Å². The van der Waals surface area contributed by atoms with E-state index < -0.39 is 0 Å². The summed E-state index contributed by atoms with van der Waals surface area (Å²) < 4.78 is 0. The van der Waals surface area contributed by atoms with E-state index in [4.69, 9.17) is 0 Å². The number of nitrogens with zero attached hydrogens (tertiary/aromatic N) is 2. The molecule has 0 saturated heterocycles. The first-order valence-corrected chi connectivity index (χ1v) is 7.89. The topological polar surface area (TPSA) is 61.3 Å². The number of aryl methyl sites for hydroxylation is 1. The molecule has 0 aliphatic rings. The Morgan fingerprint density at radius 1 is 1.24 bits per heavy atom. The molecule has 0 aliphatic heterocycles. The van der Waals surface area contributed by atoms with Gasteiger partial charge in [0, 0.05) is 44.0 Å². The van der Waals surface area contributed by atoms with E-state index in [1.54, 1.807) is 18.4 Å². The fraction of sp³-hybridized carbons (Fsp3) is 0.714. The maximum Gasteiger partial charge on any atom is 0.191 e. The summed E-state index contributed by atoms with van der Waals surface area (Å²) >= 11 is 1.70. The van der Waals surface area contributed by atoms with Gasteiger partial charge in [0.1, 0.15) is 0 Å². The quantitative estimate of drug-likeness (QED) is 0.283. The highest BCUT2D eigenvalue weighted by Gasteiger charge is 2.07. The second-order valence-electron chi connectivity index (χ2n) is 5.71. The van der Waals surface area contributed by atoms with Crippen LogP contribution in [-0.4, -0.2) is 43.2 Å². The van der Waals surface area contributed by atoms with Gasteiger partial charge < -0.3 is 16.0 Å². The van der Waals surface area contributed by atoms with Crippen molar-refractivity contribution in [2.75, 3.05) is 26.7 Å². The molecule has 0 saturated carbocycles. The molecule has 1 aromatic heterocycles. The van der Waals surface area contributed by atoms with Crippen molar-refractivity contribution in [3.8, 4) is 0 Å². The lowest BCUT2D eigenvalue weighted by molar-refractivity contribution is 0.428. The average Bonchev–Trinajstić information content (AvgIpc) is 2.77. The summed E-state index contributed by atoms with van der Waals surface area (Å²) in [5.74, 6) is 0.840. The van der Waals surface area contributed by atoms with Crippen LogP contribution in [0.5, 0.6) is 0 Å². The summed E-state index contributed by atoms with van der Waals surface area (Å²) in [6.45, 7) is 11.1. The standard InChI is InChI=1S/C14H27N5S.HI/c1-11-19-12(10-20-11)6-7-16-13(15-5)17-8-9-18-14(2,3)4;/h10,18H,6-9H2,1-5H3,(H2,15,16,17);1H. The highest BCUT2D eigenvalue weighted by Crippen LogP contribution is 2.07. The molecular formula is C14H28IN5S. The summed E-state index contributed by atoms with van der Waals surface area (Å²) in [6, 6.07) is 0. The molecule has 7 heteroatoms. The molecule has 21 heavy (non-hydrogen) atoms. The van der Waals surface area contributed by atoms with Crippen molar-refractivity contribution in [3.63, 3.8) is 0 Å². The lowest BCUT2D eigenvalue weighted by Crippen LogP contribution is -2.44. The van der Waals surface area contributed by atoms with Crippen LogP contribution in [0.2, 0.25) is 0 Å². The normalized spacial score (nSPS) is 12.0. The van der Waals surface area contributed by atoms with Gasteiger partial charge in [0.2, 0.25) is 0 Å². The number of thiazole rings is 1. The Bertz CT molecular complexity index is 425. The Morgan fingerprint density at radius 3 is 2.43 bits per heavy atom. The zero-order chi connectivity index (χ0) is 15.0. The summed E-state index contributed by atoms with van der Waals surface area (Å²) in [5, 5.41) is 13.3. The van der Waals surface area contributed by atoms with E-state index in [1.807, 2.05) is 6.92 Å². The molecule has 0 atom stereocenters. The van der Waals surface area contributed by atoms with Gasteiger partial charge in [-0.1, -0.05) is 0 Å². The minimum absolute atomic E-state index is 0. The summed E-state index contributed by atoms with van der Waals surface area (Å²) in [6.07, 6.45) is 0.922. The SMILES string of the molecule is CN=C(NCCNC(C)(C)C)NCCc1csc(C)n1.I. The number of nitrogens with one attached hydrogen (secondary N) is 3. The van der Waals surface area contributed by atoms with E-state index in [0.29, 0.717) is 0 Å². The van der Waals surface area contributed by atoms with Crippen LogP contribution in [0.3, 0.4) is 0 Å². The van der Waals surface area contributed by atoms with Gasteiger partial charge in [0.25, 0.3) is 0 Å². The van der Waals surface area contributed by atoms with Gasteiger partial charge in [-0.3, -0.25) is 4.99 Å². The van der Waals surface area contributed by atoms with Crippen LogP contribution in [0.4, 0.5) is 0 Å². The van der Waals surface area contributed by atoms with Gasteiger partial charge >= 0.3 is 0 Å². The van der Waals surface area contributed by atoms with Crippen LogP contribution in [0.15, 0.2) is 10.4 Å². The molecule has 0 aliphatic carbocycles. The number of aliphatic imine (C=N–C) groups is 1. The van der Waals surface area contributed by atoms with Crippen LogP contribution < -0.4 is 16.0 Å². The van der Waals surface area contributed by atoms with E-state index in [2.05, 4.69) is 52.1 Å². The molecule has 0 radical (unpaired) electrons. The number of guanidine groups is 1. The van der Waals surface area contributed by atoms with Crippen molar-refractivity contribution in [3.05, 3.63) is 16.1 Å². The van der Waals surface area contributed by atoms with Crippen molar-refractivity contribution in [1.82, 2.24) is 20.9 Å². The molecule has 0 aromatic carbocycles. The van der Waals surface area contributed by atoms with Crippen molar-refractivity contribution in [1.29, 1.82) is 0 Å². The minimum atomic E-state index is 0. The monoisotopic (exact) mass is 425 g/mol. The highest BCUT2D eigenvalue weighted by atomic mass is 127. The van der Waals surface area contributed by atoms with Crippen LogP contribution >= 0.6 is 35.3 Å². The van der Waals surface area contributed by atoms with Crippen molar-refractivity contribution < 1.29 is 0 Å². The van der Waals surface area contributed by atoms with Gasteiger partial charge in [0.15, 0.2) is 5.96 Å². The number of rotatable bonds is 6. The molecule has 0 fully saturated rings. The molecule has 0 unspecified atom stereocenters. The lowest BCUT2D eigenvalue weighted by atomic mass is 10.1. The maximum atomic E-state index is 4.44. The lowest BCUT2D eigenvalue weighted by Gasteiger charge is -2.21. The van der Waals surface area contributed by atoms with Gasteiger partial charge in [-0.15, -0.1) is 35.3 Å². The van der Waals surface area contributed by atoms with Gasteiger partial charge in [-0.2, -0.15) is 0 Å². The third-order valence-electron chi connectivity index (χ3n) is 2.64. The molecule has 0 spiro atoms. The number of halogens is 1. The average molecular weight is 425 g/mol. The second-order valence-corrected chi connectivity index (χ2v) is 6.77. The van der Waals surface area contributed by atoms with Gasteiger partial charge in [0.05, 0.1) is 10.7 Å². The molecule has 1 heterocycles. The predicted molar refractivity (Wildman–Crippen MR) is 103 cm³/mol. The molecule has 1 rings (SSSR count). The predicted octanol–water partition coefficient (Wildman–Crippen LogP) is 2.17. The Hall–Kier alpha value is -0.410. The smallest absolute Gasteiger partial charge is 0.191 e. The fourth-order valence-electron chi connectivity index (χ4n) is 1.67. The summed E-state index contributed by atoms with van der Waals surface area (Å²) in [7, 11) is 1.79. The molecule has 0 amide bonds. The Morgan fingerprint density at radius 2 is 1.90 bits per heavy atom. The van der Waals surface area contributed by atoms with Gasteiger partial charge in [-0.05, 0) is 27.7 Å². The van der Waals surface area contributed by atoms with Crippen LogP contribution in [0, 0.1) is 6.92 Å². The van der Waals surface area contributed by atoms with E-state index in [1.165, 1.54) is 0 Å². The zero-order valence-corrected chi connectivity index (χ0v) is 16.8. The molecule has 5 nitrogen and oxygen atoms in total. The van der Waals surface area contributed by atoms with Crippen LogP contribution in [0.1, 0.15) is 31.5 Å². The first-order valence-electron chi connectivity index (χ1n) is 7.01. The molecule has 122 valence electrons. The first kappa shape index (κ1) is 20.6. The van der Waals surface area contributed by atoms with E-state index in [9.17, 15) is 0 Å². The summed E-state index contributed by atoms with van der Waals surface area (Å²) in [5.41, 5.74) is 1.30. The molecule has 0 bridgehead atoms. The fourth-order valence-corrected chi connectivity index (χ4v) is 2.32. The van der Waals surface area contributed by atoms with Crippen molar-refractivity contribution >= 4 is 41.3 Å². The third-order valence-corrected chi connectivity index (χ3v) is 3.46. The number of aromatic nitrogens is 1. The van der Waals surface area contributed by atoms with Crippen molar-refractivity contribution in [2.45, 2.75) is 39.7 Å². The number of hydrogen-bond donors (Lipinski definition) is 3. The maximum absolute atomic E-state index is 4.44. The van der Waals surface area contributed by atoms with Crippen LogP contribution in [-0.2, 0) is 6.42 Å². The Balaban J connectivity index is 0.00000400. The van der Waals surface area contributed by atoms with E-state index in [-0.39, 0.29) is 29.5 Å². The van der Waals surface area contributed by atoms with E-state index in [0.717, 1.165) is 42.7 Å². The molecule has 3 N–H and O–H groups in total. The minimum Gasteiger partial charge on any atom is -0.356 e. The van der Waals surface area contributed by atoms with E-state index >= 15 is 0 Å². The second kappa shape index (κ2) is 10.3. The van der Waals surface area contributed by atoms with Crippen LogP contribution in [0.25, 0.3) is 0 Å². The first-order chi connectivity index (χ1) is 9.40. The zero-order valence-electron chi connectivity index (χ0n) is 13.6. The Kier molecular flexibility index (Phi) is 10.1.